The Kier molecular flexibility index (Phi) is 2.44. The molecule has 1 saturated heterocycles. The van der Waals surface area contributed by atoms with Gasteiger partial charge in [0.2, 0.25) is 11.8 Å². The Bertz CT molecular complexity index is 265. The highest BCUT2D eigenvalue weighted by molar-refractivity contribution is 5.89. The molecule has 1 saturated carbocycles. The third-order valence-electron chi connectivity index (χ3n) is 3.16. The van der Waals surface area contributed by atoms with Gasteiger partial charge in [0.1, 0.15) is 0 Å². The number of carbonyl (C=O) groups is 2. The summed E-state index contributed by atoms with van der Waals surface area (Å²) in [7, 11) is 0. The predicted molar refractivity (Wildman–Crippen MR) is 51.4 cm³/mol. The highest BCUT2D eigenvalue weighted by atomic mass is 16.2. The van der Waals surface area contributed by atoms with Gasteiger partial charge in [-0.3, -0.25) is 9.59 Å². The number of rotatable bonds is 3. The lowest BCUT2D eigenvalue weighted by Gasteiger charge is -2.08. The van der Waals surface area contributed by atoms with Crippen LogP contribution in [0, 0.1) is 17.8 Å². The molecule has 0 aromatic heterocycles. The molecule has 0 spiro atoms. The summed E-state index contributed by atoms with van der Waals surface area (Å²) in [6, 6.07) is 0. The van der Waals surface area contributed by atoms with Crippen molar-refractivity contribution in [3.63, 3.8) is 0 Å². The van der Waals surface area contributed by atoms with E-state index >= 15 is 0 Å². The second-order valence-corrected chi connectivity index (χ2v) is 4.42. The number of nitrogens with one attached hydrogen (secondary N) is 2. The van der Waals surface area contributed by atoms with Gasteiger partial charge in [0.15, 0.2) is 0 Å². The van der Waals surface area contributed by atoms with E-state index in [1.165, 1.54) is 6.42 Å². The van der Waals surface area contributed by atoms with Crippen molar-refractivity contribution in [1.82, 2.24) is 10.6 Å². The second kappa shape index (κ2) is 3.59. The Hall–Kier alpha value is -1.06. The standard InChI is InChI=1S/C10H16N2O2/c1-6-2-7(6)4-12-10(14)8-3-9(13)11-5-8/h6-8H,2-5H2,1H3,(H,11,13)(H,12,14). The van der Waals surface area contributed by atoms with Gasteiger partial charge in [-0.2, -0.15) is 0 Å². The van der Waals surface area contributed by atoms with Gasteiger partial charge >= 0.3 is 0 Å². The molecule has 1 aliphatic heterocycles. The van der Waals surface area contributed by atoms with Crippen LogP contribution in [-0.2, 0) is 9.59 Å². The van der Waals surface area contributed by atoms with Crippen molar-refractivity contribution in [2.45, 2.75) is 19.8 Å². The van der Waals surface area contributed by atoms with E-state index in [9.17, 15) is 9.59 Å². The van der Waals surface area contributed by atoms with Crippen molar-refractivity contribution < 1.29 is 9.59 Å². The zero-order chi connectivity index (χ0) is 10.1. The minimum Gasteiger partial charge on any atom is -0.356 e. The third kappa shape index (κ3) is 2.05. The number of carbonyl (C=O) groups excluding carboxylic acids is 2. The summed E-state index contributed by atoms with van der Waals surface area (Å²) in [6.07, 6.45) is 1.58. The van der Waals surface area contributed by atoms with Crippen molar-refractivity contribution >= 4 is 11.8 Å². The maximum absolute atomic E-state index is 11.5. The maximum Gasteiger partial charge on any atom is 0.225 e. The summed E-state index contributed by atoms with van der Waals surface area (Å²) in [6.45, 7) is 3.48. The quantitative estimate of drug-likeness (QED) is 0.662. The van der Waals surface area contributed by atoms with Crippen LogP contribution in [-0.4, -0.2) is 24.9 Å². The molecule has 2 N–H and O–H groups in total. The lowest BCUT2D eigenvalue weighted by molar-refractivity contribution is -0.126. The molecule has 78 valence electrons. The van der Waals surface area contributed by atoms with Crippen molar-refractivity contribution in [3.8, 4) is 0 Å². The molecular weight excluding hydrogens is 180 g/mol. The molecule has 0 radical (unpaired) electrons. The molecule has 4 heteroatoms. The van der Waals surface area contributed by atoms with Crippen molar-refractivity contribution in [1.29, 1.82) is 0 Å². The largest absolute Gasteiger partial charge is 0.356 e. The van der Waals surface area contributed by atoms with Gasteiger partial charge in [-0.05, 0) is 18.3 Å². The zero-order valence-corrected chi connectivity index (χ0v) is 8.38. The first kappa shape index (κ1) is 9.49. The van der Waals surface area contributed by atoms with Gasteiger partial charge in [-0.15, -0.1) is 0 Å². The Balaban J connectivity index is 1.70. The van der Waals surface area contributed by atoms with Gasteiger partial charge in [-0.25, -0.2) is 0 Å². The molecule has 1 heterocycles. The van der Waals surface area contributed by atoms with E-state index in [1.807, 2.05) is 0 Å². The summed E-state index contributed by atoms with van der Waals surface area (Å²) in [4.78, 5) is 22.4. The van der Waals surface area contributed by atoms with Gasteiger partial charge in [-0.1, -0.05) is 6.92 Å². The fourth-order valence-corrected chi connectivity index (χ4v) is 1.85. The van der Waals surface area contributed by atoms with Crippen molar-refractivity contribution in [2.75, 3.05) is 13.1 Å². The molecule has 2 amide bonds. The minimum absolute atomic E-state index is 0.00931. The summed E-state index contributed by atoms with van der Waals surface area (Å²) in [5.74, 6) is 1.31. The second-order valence-electron chi connectivity index (χ2n) is 4.42. The molecule has 0 aromatic rings. The molecule has 2 aliphatic rings. The van der Waals surface area contributed by atoms with Crippen LogP contribution in [0.3, 0.4) is 0 Å². The first-order valence-electron chi connectivity index (χ1n) is 5.21. The monoisotopic (exact) mass is 196 g/mol. The zero-order valence-electron chi connectivity index (χ0n) is 8.38. The molecule has 0 aromatic carbocycles. The van der Waals surface area contributed by atoms with Gasteiger partial charge in [0.05, 0.1) is 5.92 Å². The topological polar surface area (TPSA) is 58.2 Å². The smallest absolute Gasteiger partial charge is 0.225 e. The molecule has 0 bridgehead atoms. The summed E-state index contributed by atoms with van der Waals surface area (Å²) < 4.78 is 0. The molecular formula is C10H16N2O2. The number of hydrogen-bond donors (Lipinski definition) is 2. The van der Waals surface area contributed by atoms with Gasteiger partial charge < -0.3 is 10.6 Å². The molecule has 2 fully saturated rings. The molecule has 3 unspecified atom stereocenters. The lowest BCUT2D eigenvalue weighted by Crippen LogP contribution is -2.33. The van der Waals surface area contributed by atoms with Crippen LogP contribution in [0.5, 0.6) is 0 Å². The number of hydrogen-bond acceptors (Lipinski definition) is 2. The molecule has 1 aliphatic carbocycles. The molecule has 4 nitrogen and oxygen atoms in total. The normalized spacial score (nSPS) is 35.2. The van der Waals surface area contributed by atoms with E-state index in [2.05, 4.69) is 17.6 Å². The van der Waals surface area contributed by atoms with Gasteiger partial charge in [0, 0.05) is 19.5 Å². The van der Waals surface area contributed by atoms with Crippen LogP contribution in [0.1, 0.15) is 19.8 Å². The van der Waals surface area contributed by atoms with Crippen LogP contribution < -0.4 is 10.6 Å². The Morgan fingerprint density at radius 1 is 1.64 bits per heavy atom. The first-order valence-corrected chi connectivity index (χ1v) is 5.21. The fourth-order valence-electron chi connectivity index (χ4n) is 1.85. The minimum atomic E-state index is -0.142. The van der Waals surface area contributed by atoms with E-state index in [1.54, 1.807) is 0 Å². The molecule has 3 atom stereocenters. The average Bonchev–Trinajstić information content (AvgIpc) is 2.66. The van der Waals surface area contributed by atoms with Crippen molar-refractivity contribution in [3.05, 3.63) is 0 Å². The highest BCUT2D eigenvalue weighted by Crippen LogP contribution is 2.36. The summed E-state index contributed by atoms with van der Waals surface area (Å²) >= 11 is 0. The maximum atomic E-state index is 11.5. The summed E-state index contributed by atoms with van der Waals surface area (Å²) in [5, 5.41) is 5.57. The van der Waals surface area contributed by atoms with Crippen LogP contribution in [0.15, 0.2) is 0 Å². The lowest BCUT2D eigenvalue weighted by atomic mass is 10.1. The van der Waals surface area contributed by atoms with Crippen LogP contribution in [0.4, 0.5) is 0 Å². The van der Waals surface area contributed by atoms with E-state index in [4.69, 9.17) is 0 Å². The number of amides is 2. The average molecular weight is 196 g/mol. The van der Waals surface area contributed by atoms with Gasteiger partial charge in [0.25, 0.3) is 0 Å². The van der Waals surface area contributed by atoms with Crippen LogP contribution in [0.2, 0.25) is 0 Å². The third-order valence-corrected chi connectivity index (χ3v) is 3.16. The Morgan fingerprint density at radius 2 is 2.36 bits per heavy atom. The van der Waals surface area contributed by atoms with Crippen molar-refractivity contribution in [2.24, 2.45) is 17.8 Å². The van der Waals surface area contributed by atoms with Crippen LogP contribution >= 0.6 is 0 Å². The van der Waals surface area contributed by atoms with Crippen LogP contribution in [0.25, 0.3) is 0 Å². The first-order chi connectivity index (χ1) is 6.66. The molecule has 14 heavy (non-hydrogen) atoms. The summed E-state index contributed by atoms with van der Waals surface area (Å²) in [5.41, 5.74) is 0. The van der Waals surface area contributed by atoms with E-state index in [-0.39, 0.29) is 17.7 Å². The van der Waals surface area contributed by atoms with E-state index in [0.29, 0.717) is 18.9 Å². The van der Waals surface area contributed by atoms with E-state index < -0.39 is 0 Å². The van der Waals surface area contributed by atoms with E-state index in [0.717, 1.165) is 12.5 Å². The molecule has 2 rings (SSSR count). The Labute approximate surface area is 83.4 Å². The SMILES string of the molecule is CC1CC1CNC(=O)C1CNC(=O)C1. The predicted octanol–water partition coefficient (Wildman–Crippen LogP) is -0.105. The highest BCUT2D eigenvalue weighted by Gasteiger charge is 2.34. The Morgan fingerprint density at radius 3 is 2.86 bits per heavy atom. The fraction of sp³-hybridized carbons (Fsp3) is 0.800.